The lowest BCUT2D eigenvalue weighted by atomic mass is 9.32. The van der Waals surface area contributed by atoms with E-state index >= 15 is 0 Å². The molecule has 0 bridgehead atoms. The first-order valence-corrected chi connectivity index (χ1v) is 20.4. The summed E-state index contributed by atoms with van der Waals surface area (Å²) in [5, 5.41) is 85.5. The molecule has 13 heteroatoms. The number of rotatable bonds is 7. The summed E-state index contributed by atoms with van der Waals surface area (Å²) >= 11 is 0. The average molecular weight is 767 g/mol. The van der Waals surface area contributed by atoms with Crippen molar-refractivity contribution in [3.8, 4) is 0 Å². The van der Waals surface area contributed by atoms with Gasteiger partial charge >= 0.3 is 5.97 Å². The molecule has 5 aliphatic carbocycles. The molecule has 308 valence electrons. The van der Waals surface area contributed by atoms with Gasteiger partial charge in [0.1, 0.15) is 36.6 Å². The second-order valence-electron chi connectivity index (χ2n) is 19.6. The van der Waals surface area contributed by atoms with Crippen molar-refractivity contribution in [2.75, 3.05) is 6.61 Å². The maximum Gasteiger partial charge on any atom is 0.309 e. The quantitative estimate of drug-likeness (QED) is 0.138. The smallest absolute Gasteiger partial charge is 0.309 e. The topological polar surface area (TPSA) is 216 Å². The summed E-state index contributed by atoms with van der Waals surface area (Å²) in [4.78, 5) is 13.1. The van der Waals surface area contributed by atoms with Crippen LogP contribution >= 0.6 is 0 Å². The van der Waals surface area contributed by atoms with Crippen molar-refractivity contribution >= 4 is 5.97 Å². The van der Waals surface area contributed by atoms with Gasteiger partial charge in [-0.25, -0.2) is 0 Å². The van der Waals surface area contributed by atoms with Crippen molar-refractivity contribution in [2.24, 2.45) is 56.7 Å². The van der Waals surface area contributed by atoms with Crippen LogP contribution in [-0.4, -0.2) is 121 Å². The van der Waals surface area contributed by atoms with E-state index in [2.05, 4.69) is 34.3 Å². The summed E-state index contributed by atoms with van der Waals surface area (Å²) in [6.45, 7) is 17.0. The summed E-state index contributed by atoms with van der Waals surface area (Å²) in [6.07, 6.45) is -7.75. The minimum absolute atomic E-state index is 0.0349. The zero-order chi connectivity index (χ0) is 39.5. The van der Waals surface area contributed by atoms with Crippen LogP contribution < -0.4 is 0 Å². The molecule has 21 atom stereocenters. The first kappa shape index (κ1) is 40.9. The standard InChI is InChI=1S/C41H66O13/c1-19(2)21-10-15-41(36(49)50)17-16-39(6)22(26(21)41)8-9-24-37(4)13-12-25(38(5,18-42)23(37)11-14-40(24,39)7)52-35-32(29(45)30(46)33(48)54-35)53-34-31(47)28(44)27(43)20(3)51-34/h20-35,42-48H,1,8-18H2,2-7H3,(H,49,50)/t20-,21-,22-,23-,24+,25+,26+,27-,28+,29+,30-,31+,32+,33-,34+,35-,37+,38-,39+,40+,41-/m0/s1. The van der Waals surface area contributed by atoms with Crippen molar-refractivity contribution in [3.05, 3.63) is 12.2 Å². The predicted molar refractivity (Wildman–Crippen MR) is 193 cm³/mol. The van der Waals surface area contributed by atoms with Gasteiger partial charge in [0.05, 0.1) is 24.2 Å². The molecule has 5 saturated carbocycles. The lowest BCUT2D eigenvalue weighted by molar-refractivity contribution is -0.395. The summed E-state index contributed by atoms with van der Waals surface area (Å²) in [7, 11) is 0. The van der Waals surface area contributed by atoms with Crippen LogP contribution in [0.3, 0.4) is 0 Å². The Morgan fingerprint density at radius 2 is 1.44 bits per heavy atom. The van der Waals surface area contributed by atoms with Crippen molar-refractivity contribution in [2.45, 2.75) is 173 Å². The van der Waals surface area contributed by atoms with Gasteiger partial charge in [0.25, 0.3) is 0 Å². The lowest BCUT2D eigenvalue weighted by Gasteiger charge is -2.73. The van der Waals surface area contributed by atoms with Crippen LogP contribution in [0.25, 0.3) is 0 Å². The summed E-state index contributed by atoms with van der Waals surface area (Å²) in [5.74, 6) is 0.290. The highest BCUT2D eigenvalue weighted by Gasteiger charge is 2.72. The third-order valence-corrected chi connectivity index (χ3v) is 17.5. The number of carboxylic acids is 1. The number of aliphatic hydroxyl groups is 7. The zero-order valence-corrected chi connectivity index (χ0v) is 32.8. The number of ether oxygens (including phenoxy) is 4. The first-order valence-electron chi connectivity index (χ1n) is 20.4. The fourth-order valence-electron chi connectivity index (χ4n) is 14.3. The Labute approximate surface area is 319 Å². The van der Waals surface area contributed by atoms with Crippen LogP contribution in [0.1, 0.15) is 106 Å². The van der Waals surface area contributed by atoms with E-state index in [-0.39, 0.29) is 46.5 Å². The van der Waals surface area contributed by atoms with E-state index < -0.39 is 84.5 Å². The molecule has 2 heterocycles. The number of fused-ring (bicyclic) bond motifs is 7. The maximum absolute atomic E-state index is 13.1. The normalized spacial score (nSPS) is 57.3. The molecule has 7 aliphatic rings. The molecule has 0 aromatic heterocycles. The van der Waals surface area contributed by atoms with Gasteiger partial charge in [0.15, 0.2) is 18.9 Å². The first-order chi connectivity index (χ1) is 25.2. The summed E-state index contributed by atoms with van der Waals surface area (Å²) in [5.41, 5.74) is -0.648. The number of carbonyl (C=O) groups is 1. The van der Waals surface area contributed by atoms with E-state index in [1.807, 2.05) is 6.92 Å². The van der Waals surface area contributed by atoms with Crippen LogP contribution in [-0.2, 0) is 23.7 Å². The van der Waals surface area contributed by atoms with Crippen LogP contribution in [0.4, 0.5) is 0 Å². The van der Waals surface area contributed by atoms with Gasteiger partial charge in [0, 0.05) is 5.41 Å². The largest absolute Gasteiger partial charge is 0.481 e. The molecular formula is C41H66O13. The second kappa shape index (κ2) is 14.0. The third-order valence-electron chi connectivity index (χ3n) is 17.5. The highest BCUT2D eigenvalue weighted by atomic mass is 16.8. The fraction of sp³-hybridized carbons (Fsp3) is 0.927. The van der Waals surface area contributed by atoms with Gasteiger partial charge < -0.3 is 59.8 Å². The minimum atomic E-state index is -1.81. The van der Waals surface area contributed by atoms with E-state index in [4.69, 9.17) is 18.9 Å². The molecule has 0 amide bonds. The highest BCUT2D eigenvalue weighted by Crippen LogP contribution is 2.77. The number of aliphatic hydroxyl groups excluding tert-OH is 7. The summed E-state index contributed by atoms with van der Waals surface area (Å²) < 4.78 is 23.9. The molecule has 2 saturated heterocycles. The number of allylic oxidation sites excluding steroid dienone is 1. The lowest BCUT2D eigenvalue weighted by Crippen LogP contribution is -2.68. The molecule has 13 nitrogen and oxygen atoms in total. The van der Waals surface area contributed by atoms with Gasteiger partial charge in [-0.15, -0.1) is 0 Å². The van der Waals surface area contributed by atoms with Crippen molar-refractivity contribution in [1.82, 2.24) is 0 Å². The number of hydrogen-bond acceptors (Lipinski definition) is 12. The second-order valence-corrected chi connectivity index (χ2v) is 19.6. The van der Waals surface area contributed by atoms with E-state index in [1.54, 1.807) is 0 Å². The van der Waals surface area contributed by atoms with Crippen LogP contribution in [0.2, 0.25) is 0 Å². The molecule has 8 N–H and O–H groups in total. The summed E-state index contributed by atoms with van der Waals surface area (Å²) in [6, 6.07) is 0. The Morgan fingerprint density at radius 1 is 0.741 bits per heavy atom. The highest BCUT2D eigenvalue weighted by molar-refractivity contribution is 5.76. The van der Waals surface area contributed by atoms with Crippen LogP contribution in [0.5, 0.6) is 0 Å². The Morgan fingerprint density at radius 3 is 2.09 bits per heavy atom. The van der Waals surface area contributed by atoms with Crippen molar-refractivity contribution in [1.29, 1.82) is 0 Å². The molecule has 0 unspecified atom stereocenters. The van der Waals surface area contributed by atoms with E-state index in [1.165, 1.54) is 6.92 Å². The Kier molecular flexibility index (Phi) is 10.6. The van der Waals surface area contributed by atoms with E-state index in [0.29, 0.717) is 18.8 Å². The van der Waals surface area contributed by atoms with E-state index in [9.17, 15) is 45.6 Å². The molecule has 0 aromatic rings. The van der Waals surface area contributed by atoms with Gasteiger partial charge in [-0.3, -0.25) is 4.79 Å². The maximum atomic E-state index is 13.1. The SMILES string of the molecule is C=C(C)[C@@H]1CC[C@]2(C(=O)O)CC[C@]3(C)[C@@H](CC[C@@H]4[C@]5(C)CC[C@@H](O[C@H]6O[C@H](O)[C@@H](O)[C@@H](O)[C@H]6O[C@H]6O[C@@H](C)[C@H](O)[C@@H](O)[C@H]6O)[C@@](C)(CO)[C@H]5CC[C@]43C)[C@@H]12. The number of aliphatic carboxylic acids is 1. The monoisotopic (exact) mass is 766 g/mol. The van der Waals surface area contributed by atoms with Gasteiger partial charge in [0.2, 0.25) is 0 Å². The molecule has 0 radical (unpaired) electrons. The molecule has 0 aromatic carbocycles. The zero-order valence-electron chi connectivity index (χ0n) is 32.8. The Bertz CT molecular complexity index is 1440. The average Bonchev–Trinajstić information content (AvgIpc) is 3.53. The number of hydrogen-bond donors (Lipinski definition) is 8. The molecular weight excluding hydrogens is 700 g/mol. The van der Waals surface area contributed by atoms with Crippen LogP contribution in [0.15, 0.2) is 12.2 Å². The molecule has 7 fully saturated rings. The fourth-order valence-corrected chi connectivity index (χ4v) is 14.3. The van der Waals surface area contributed by atoms with Gasteiger partial charge in [-0.2, -0.15) is 0 Å². The van der Waals surface area contributed by atoms with Crippen LogP contribution in [0, 0.1) is 56.7 Å². The molecule has 7 rings (SSSR count). The van der Waals surface area contributed by atoms with E-state index in [0.717, 1.165) is 56.9 Å². The predicted octanol–water partition coefficient (Wildman–Crippen LogP) is 2.70. The van der Waals surface area contributed by atoms with Crippen molar-refractivity contribution in [3.63, 3.8) is 0 Å². The molecule has 2 aliphatic heterocycles. The number of carboxylic acid groups (broad SMARTS) is 1. The van der Waals surface area contributed by atoms with Crippen molar-refractivity contribution < 1.29 is 64.6 Å². The molecule has 54 heavy (non-hydrogen) atoms. The minimum Gasteiger partial charge on any atom is -0.481 e. The van der Waals surface area contributed by atoms with Gasteiger partial charge in [-0.05, 0) is 124 Å². The Hall–Kier alpha value is -1.23. The molecule has 0 spiro atoms. The van der Waals surface area contributed by atoms with Gasteiger partial charge in [-0.1, -0.05) is 39.8 Å². The Balaban J connectivity index is 1.15. The third kappa shape index (κ3) is 5.68.